The molecule has 1 aromatic rings. The molecule has 1 heterocycles. The van der Waals surface area contributed by atoms with Gasteiger partial charge >= 0.3 is 0 Å². The van der Waals surface area contributed by atoms with E-state index in [1.807, 2.05) is 12.4 Å². The maximum Gasteiger partial charge on any atom is 0.105 e. The average Bonchev–Trinajstić information content (AvgIpc) is 2.85. The summed E-state index contributed by atoms with van der Waals surface area (Å²) >= 11 is 0. The van der Waals surface area contributed by atoms with E-state index in [0.29, 0.717) is 6.61 Å². The summed E-state index contributed by atoms with van der Waals surface area (Å²) < 4.78 is 0. The second kappa shape index (κ2) is 10.3. The van der Waals surface area contributed by atoms with Crippen LogP contribution in [0.1, 0.15) is 63.6 Å². The smallest absolute Gasteiger partial charge is 0.105 e. The summed E-state index contributed by atoms with van der Waals surface area (Å²) in [6.45, 7) is 0.354. The first-order valence-electron chi connectivity index (χ1n) is 7.02. The number of aromatic amines is 1. The van der Waals surface area contributed by atoms with Crippen molar-refractivity contribution in [2.24, 2.45) is 0 Å². The number of nitrogens with one attached hydrogen (secondary N) is 1. The Hall–Kier alpha value is -0.830. The molecule has 0 aliphatic carbocycles. The fraction of sp³-hybridized carbons (Fsp3) is 0.786. The number of aliphatic hydroxyl groups is 1. The number of H-pyrrole nitrogens is 1. The predicted molar refractivity (Wildman–Crippen MR) is 70.9 cm³/mol. The van der Waals surface area contributed by atoms with E-state index in [2.05, 4.69) is 9.97 Å². The lowest BCUT2D eigenvalue weighted by Crippen LogP contribution is -1.88. The van der Waals surface area contributed by atoms with E-state index in [4.69, 9.17) is 5.11 Å². The van der Waals surface area contributed by atoms with Gasteiger partial charge in [-0.25, -0.2) is 4.98 Å². The highest BCUT2D eigenvalue weighted by Crippen LogP contribution is 2.10. The molecule has 0 atom stereocenters. The van der Waals surface area contributed by atoms with E-state index in [1.165, 1.54) is 51.4 Å². The molecule has 0 saturated carbocycles. The van der Waals surface area contributed by atoms with Gasteiger partial charge in [-0.2, -0.15) is 0 Å². The van der Waals surface area contributed by atoms with Crippen molar-refractivity contribution in [3.05, 3.63) is 18.2 Å². The number of imidazole rings is 1. The van der Waals surface area contributed by atoms with Crippen molar-refractivity contribution in [3.8, 4) is 0 Å². The van der Waals surface area contributed by atoms with Gasteiger partial charge in [0, 0.05) is 25.4 Å². The van der Waals surface area contributed by atoms with Gasteiger partial charge in [0.15, 0.2) is 0 Å². The number of unbranched alkanes of at least 4 members (excludes halogenated alkanes) is 8. The summed E-state index contributed by atoms with van der Waals surface area (Å²) in [5, 5.41) is 8.64. The number of hydrogen-bond acceptors (Lipinski definition) is 2. The molecular weight excluding hydrogens is 212 g/mol. The molecule has 98 valence electrons. The average molecular weight is 238 g/mol. The first-order valence-corrected chi connectivity index (χ1v) is 7.02. The third-order valence-electron chi connectivity index (χ3n) is 3.13. The Bertz CT molecular complexity index is 247. The summed E-state index contributed by atoms with van der Waals surface area (Å²) in [5.41, 5.74) is 0. The van der Waals surface area contributed by atoms with Crippen LogP contribution in [-0.4, -0.2) is 21.7 Å². The Labute approximate surface area is 105 Å². The lowest BCUT2D eigenvalue weighted by atomic mass is 10.1. The molecule has 0 unspecified atom stereocenters. The van der Waals surface area contributed by atoms with Crippen molar-refractivity contribution >= 4 is 0 Å². The highest BCUT2D eigenvalue weighted by molar-refractivity contribution is 4.86. The Morgan fingerprint density at radius 2 is 1.47 bits per heavy atom. The van der Waals surface area contributed by atoms with E-state index >= 15 is 0 Å². The van der Waals surface area contributed by atoms with Gasteiger partial charge in [0.05, 0.1) is 0 Å². The SMILES string of the molecule is OCCCCCCCCCCCc1ncc[nH]1. The molecule has 3 nitrogen and oxygen atoms in total. The Balaban J connectivity index is 1.76. The number of aliphatic hydroxyl groups excluding tert-OH is 1. The molecule has 0 aliphatic rings. The monoisotopic (exact) mass is 238 g/mol. The summed E-state index contributed by atoms with van der Waals surface area (Å²) in [6.07, 6.45) is 16.2. The lowest BCUT2D eigenvalue weighted by Gasteiger charge is -2.01. The third-order valence-corrected chi connectivity index (χ3v) is 3.13. The molecule has 0 fully saturated rings. The van der Waals surface area contributed by atoms with E-state index in [9.17, 15) is 0 Å². The van der Waals surface area contributed by atoms with Gasteiger partial charge in [-0.1, -0.05) is 44.9 Å². The van der Waals surface area contributed by atoms with Gasteiger partial charge in [-0.05, 0) is 12.8 Å². The van der Waals surface area contributed by atoms with Crippen LogP contribution in [0, 0.1) is 0 Å². The largest absolute Gasteiger partial charge is 0.396 e. The topological polar surface area (TPSA) is 48.9 Å². The number of aryl methyl sites for hydroxylation is 1. The second-order valence-corrected chi connectivity index (χ2v) is 4.69. The molecule has 3 heteroatoms. The molecular formula is C14H26N2O. The van der Waals surface area contributed by atoms with Gasteiger partial charge in [-0.15, -0.1) is 0 Å². The molecule has 0 amide bonds. The van der Waals surface area contributed by atoms with Gasteiger partial charge in [0.2, 0.25) is 0 Å². The molecule has 0 aromatic carbocycles. The van der Waals surface area contributed by atoms with E-state index in [-0.39, 0.29) is 0 Å². The number of hydrogen-bond donors (Lipinski definition) is 2. The normalized spacial score (nSPS) is 10.9. The van der Waals surface area contributed by atoms with Gasteiger partial charge < -0.3 is 10.1 Å². The number of nitrogens with zero attached hydrogens (tertiary/aromatic N) is 1. The van der Waals surface area contributed by atoms with Crippen molar-refractivity contribution in [2.75, 3.05) is 6.61 Å². The standard InChI is InChI=1S/C14H26N2O/c17-13-9-7-5-3-1-2-4-6-8-10-14-15-11-12-16-14/h11-12,17H,1-10,13H2,(H,15,16). The maximum atomic E-state index is 8.64. The minimum Gasteiger partial charge on any atom is -0.396 e. The first kappa shape index (κ1) is 14.2. The maximum absolute atomic E-state index is 8.64. The van der Waals surface area contributed by atoms with Gasteiger partial charge in [0.1, 0.15) is 5.82 Å². The summed E-state index contributed by atoms with van der Waals surface area (Å²) in [7, 11) is 0. The molecule has 0 spiro atoms. The van der Waals surface area contributed by atoms with Crippen LogP contribution in [0.4, 0.5) is 0 Å². The highest BCUT2D eigenvalue weighted by Gasteiger charge is 1.95. The molecule has 0 bridgehead atoms. The zero-order valence-corrected chi connectivity index (χ0v) is 10.8. The molecule has 2 N–H and O–H groups in total. The molecule has 17 heavy (non-hydrogen) atoms. The van der Waals surface area contributed by atoms with E-state index in [1.54, 1.807) is 0 Å². The minimum atomic E-state index is 0.354. The van der Waals surface area contributed by atoms with Crippen LogP contribution in [0.5, 0.6) is 0 Å². The second-order valence-electron chi connectivity index (χ2n) is 4.69. The molecule has 0 radical (unpaired) electrons. The van der Waals surface area contributed by atoms with Crippen LogP contribution in [0.15, 0.2) is 12.4 Å². The van der Waals surface area contributed by atoms with Gasteiger partial charge in [-0.3, -0.25) is 0 Å². The number of aromatic nitrogens is 2. The summed E-state index contributed by atoms with van der Waals surface area (Å²) in [4.78, 5) is 7.35. The van der Waals surface area contributed by atoms with Crippen LogP contribution in [-0.2, 0) is 6.42 Å². The fourth-order valence-corrected chi connectivity index (χ4v) is 2.08. The summed E-state index contributed by atoms with van der Waals surface area (Å²) in [5.74, 6) is 1.12. The quantitative estimate of drug-likeness (QED) is 0.580. The minimum absolute atomic E-state index is 0.354. The third kappa shape index (κ3) is 7.97. The Morgan fingerprint density at radius 1 is 0.882 bits per heavy atom. The fourth-order valence-electron chi connectivity index (χ4n) is 2.08. The van der Waals surface area contributed by atoms with Crippen LogP contribution >= 0.6 is 0 Å². The lowest BCUT2D eigenvalue weighted by molar-refractivity contribution is 0.282. The van der Waals surface area contributed by atoms with Crippen molar-refractivity contribution in [3.63, 3.8) is 0 Å². The Kier molecular flexibility index (Phi) is 8.65. The van der Waals surface area contributed by atoms with E-state index in [0.717, 1.165) is 18.7 Å². The zero-order valence-electron chi connectivity index (χ0n) is 10.8. The molecule has 0 saturated heterocycles. The molecule has 1 aromatic heterocycles. The van der Waals surface area contributed by atoms with Crippen LogP contribution in [0.25, 0.3) is 0 Å². The molecule has 0 aliphatic heterocycles. The van der Waals surface area contributed by atoms with E-state index < -0.39 is 0 Å². The van der Waals surface area contributed by atoms with Crippen LogP contribution in [0.2, 0.25) is 0 Å². The van der Waals surface area contributed by atoms with Crippen molar-refractivity contribution < 1.29 is 5.11 Å². The highest BCUT2D eigenvalue weighted by atomic mass is 16.2. The van der Waals surface area contributed by atoms with Crippen molar-refractivity contribution in [2.45, 2.75) is 64.2 Å². The first-order chi connectivity index (χ1) is 8.43. The van der Waals surface area contributed by atoms with Crippen molar-refractivity contribution in [1.82, 2.24) is 9.97 Å². The van der Waals surface area contributed by atoms with Crippen LogP contribution in [0.3, 0.4) is 0 Å². The Morgan fingerprint density at radius 3 is 2.00 bits per heavy atom. The van der Waals surface area contributed by atoms with Crippen molar-refractivity contribution in [1.29, 1.82) is 0 Å². The van der Waals surface area contributed by atoms with Crippen LogP contribution < -0.4 is 0 Å². The zero-order chi connectivity index (χ0) is 12.2. The predicted octanol–water partition coefficient (Wildman–Crippen LogP) is 3.46. The molecule has 1 rings (SSSR count). The van der Waals surface area contributed by atoms with Gasteiger partial charge in [0.25, 0.3) is 0 Å². The summed E-state index contributed by atoms with van der Waals surface area (Å²) in [6, 6.07) is 0. The number of rotatable bonds is 11.